The number of para-hydroxylation sites is 1. The van der Waals surface area contributed by atoms with Crippen molar-refractivity contribution in [2.75, 3.05) is 41.8 Å². The van der Waals surface area contributed by atoms with Crippen molar-refractivity contribution in [2.45, 2.75) is 31.8 Å². The Hall–Kier alpha value is -4.03. The molecule has 9 heteroatoms. The number of nitriles is 1. The first-order valence-corrected chi connectivity index (χ1v) is 12.2. The van der Waals surface area contributed by atoms with E-state index in [1.54, 1.807) is 6.07 Å². The molecule has 0 atom stereocenters. The molecule has 2 aliphatic heterocycles. The van der Waals surface area contributed by atoms with Crippen molar-refractivity contribution >= 4 is 23.5 Å². The summed E-state index contributed by atoms with van der Waals surface area (Å²) in [5, 5.41) is 20.2. The summed E-state index contributed by atoms with van der Waals surface area (Å²) in [4.78, 5) is 14.3. The predicted octanol–water partition coefficient (Wildman–Crippen LogP) is 3.68. The largest absolute Gasteiger partial charge is 0.386 e. The Labute approximate surface area is 210 Å². The maximum Gasteiger partial charge on any atom is 0.226 e. The number of nitrogens with two attached hydrogens (primary N) is 1. The molecule has 1 saturated heterocycles. The zero-order valence-electron chi connectivity index (χ0n) is 20.3. The summed E-state index contributed by atoms with van der Waals surface area (Å²) in [5.41, 5.74) is 12.0. The Kier molecular flexibility index (Phi) is 6.53. The van der Waals surface area contributed by atoms with Crippen LogP contribution in [-0.4, -0.2) is 48.9 Å². The van der Waals surface area contributed by atoms with E-state index in [0.29, 0.717) is 30.2 Å². The Balaban J connectivity index is 1.60. The summed E-state index contributed by atoms with van der Waals surface area (Å²) in [6.45, 7) is 2.88. The third-order valence-electron chi connectivity index (χ3n) is 7.05. The molecule has 3 heterocycles. The number of nitrogens with one attached hydrogen (secondary N) is 2. The zero-order valence-corrected chi connectivity index (χ0v) is 20.3. The minimum Gasteiger partial charge on any atom is -0.386 e. The van der Waals surface area contributed by atoms with Crippen LogP contribution < -0.4 is 20.9 Å². The molecule has 8 nitrogen and oxygen atoms in total. The quantitative estimate of drug-likeness (QED) is 0.473. The maximum atomic E-state index is 14.7. The fourth-order valence-corrected chi connectivity index (χ4v) is 5.05. The van der Waals surface area contributed by atoms with E-state index in [2.05, 4.69) is 15.1 Å². The standard InChI is InChI=1S/C27H29FN8/c1-32-26-19(15-30)3-2-4-24(26)36-12-9-23-21(16-36)25(17-5-6-18(14-29)22(28)13-17)34-27(33-23)35-10-7-20(31)8-11-35/h2-6,13,15,20,30,32H,7-12,16,31H2,1H3. The first-order valence-electron chi connectivity index (χ1n) is 12.2. The Morgan fingerprint density at radius 1 is 1.17 bits per heavy atom. The smallest absolute Gasteiger partial charge is 0.226 e. The first kappa shape index (κ1) is 23.7. The topological polar surface area (TPSA) is 118 Å². The number of hydrogen-bond acceptors (Lipinski definition) is 8. The summed E-state index contributed by atoms with van der Waals surface area (Å²) < 4.78 is 14.7. The van der Waals surface area contributed by atoms with Gasteiger partial charge in [-0.05, 0) is 31.0 Å². The average Bonchev–Trinajstić information content (AvgIpc) is 2.92. The van der Waals surface area contributed by atoms with Gasteiger partial charge in [0.2, 0.25) is 5.95 Å². The normalized spacial score (nSPS) is 15.8. The van der Waals surface area contributed by atoms with Crippen LogP contribution in [0.5, 0.6) is 0 Å². The van der Waals surface area contributed by atoms with Gasteiger partial charge in [0.15, 0.2) is 0 Å². The molecule has 2 aliphatic rings. The zero-order chi connectivity index (χ0) is 25.2. The SMILES string of the molecule is CNc1c(C=N)cccc1N1CCc2nc(N3CCC(N)CC3)nc(-c3ccc(C#N)c(F)c3)c2C1. The monoisotopic (exact) mass is 484 g/mol. The molecular weight excluding hydrogens is 455 g/mol. The van der Waals surface area contributed by atoms with Crippen LogP contribution >= 0.6 is 0 Å². The number of anilines is 3. The fourth-order valence-electron chi connectivity index (χ4n) is 5.05. The lowest BCUT2D eigenvalue weighted by Crippen LogP contribution is -2.41. The van der Waals surface area contributed by atoms with E-state index in [0.717, 1.165) is 60.7 Å². The van der Waals surface area contributed by atoms with E-state index in [4.69, 9.17) is 21.1 Å². The molecular formula is C27H29FN8. The first-order chi connectivity index (χ1) is 17.5. The molecule has 0 amide bonds. The van der Waals surface area contributed by atoms with Crippen molar-refractivity contribution in [2.24, 2.45) is 5.73 Å². The number of benzene rings is 2. The van der Waals surface area contributed by atoms with Crippen LogP contribution in [0.25, 0.3) is 11.3 Å². The van der Waals surface area contributed by atoms with Crippen LogP contribution in [0.15, 0.2) is 36.4 Å². The van der Waals surface area contributed by atoms with Gasteiger partial charge in [0.05, 0.1) is 28.3 Å². The highest BCUT2D eigenvalue weighted by atomic mass is 19.1. The Morgan fingerprint density at radius 2 is 1.97 bits per heavy atom. The minimum absolute atomic E-state index is 0.00987. The molecule has 0 radical (unpaired) electrons. The van der Waals surface area contributed by atoms with E-state index in [9.17, 15) is 9.65 Å². The molecule has 0 saturated carbocycles. The van der Waals surface area contributed by atoms with Crippen LogP contribution in [0.3, 0.4) is 0 Å². The molecule has 0 unspecified atom stereocenters. The fraction of sp³-hybridized carbons (Fsp3) is 0.333. The van der Waals surface area contributed by atoms with E-state index >= 15 is 0 Å². The van der Waals surface area contributed by atoms with E-state index in [1.165, 1.54) is 18.3 Å². The summed E-state index contributed by atoms with van der Waals surface area (Å²) in [7, 11) is 1.86. The molecule has 2 aromatic carbocycles. The molecule has 0 aliphatic carbocycles. The molecule has 4 N–H and O–H groups in total. The number of halogens is 1. The van der Waals surface area contributed by atoms with Gasteiger partial charge in [-0.3, -0.25) is 0 Å². The van der Waals surface area contributed by atoms with Gasteiger partial charge in [0.25, 0.3) is 0 Å². The molecule has 0 spiro atoms. The number of piperidine rings is 1. The molecule has 3 aromatic rings. The minimum atomic E-state index is -0.559. The van der Waals surface area contributed by atoms with Crippen molar-refractivity contribution in [3.63, 3.8) is 0 Å². The van der Waals surface area contributed by atoms with Gasteiger partial charge < -0.3 is 26.3 Å². The second-order valence-corrected chi connectivity index (χ2v) is 9.24. The van der Waals surface area contributed by atoms with Gasteiger partial charge in [-0.15, -0.1) is 0 Å². The van der Waals surface area contributed by atoms with Crippen LogP contribution in [0, 0.1) is 22.6 Å². The summed E-state index contributed by atoms with van der Waals surface area (Å²) in [6, 6.07) is 12.6. The molecule has 184 valence electrons. The van der Waals surface area contributed by atoms with Crippen LogP contribution in [0.4, 0.5) is 21.7 Å². The maximum absolute atomic E-state index is 14.7. The number of fused-ring (bicyclic) bond motifs is 1. The molecule has 1 fully saturated rings. The van der Waals surface area contributed by atoms with Crippen molar-refractivity contribution in [1.82, 2.24) is 9.97 Å². The van der Waals surface area contributed by atoms with Gasteiger partial charge in [0, 0.05) is 68.6 Å². The third-order valence-corrected chi connectivity index (χ3v) is 7.05. The Morgan fingerprint density at radius 3 is 2.67 bits per heavy atom. The second kappa shape index (κ2) is 9.91. The van der Waals surface area contributed by atoms with Gasteiger partial charge in [0.1, 0.15) is 11.9 Å². The number of nitrogens with zero attached hydrogens (tertiary/aromatic N) is 5. The van der Waals surface area contributed by atoms with Gasteiger partial charge >= 0.3 is 0 Å². The van der Waals surface area contributed by atoms with Crippen molar-refractivity contribution in [3.8, 4) is 17.3 Å². The molecule has 0 bridgehead atoms. The molecule has 5 rings (SSSR count). The van der Waals surface area contributed by atoms with E-state index in [-0.39, 0.29) is 11.6 Å². The van der Waals surface area contributed by atoms with Gasteiger partial charge in [-0.2, -0.15) is 5.26 Å². The lowest BCUT2D eigenvalue weighted by atomic mass is 9.97. The lowest BCUT2D eigenvalue weighted by molar-refractivity contribution is 0.494. The number of hydrogen-bond donors (Lipinski definition) is 3. The van der Waals surface area contributed by atoms with Crippen molar-refractivity contribution < 1.29 is 4.39 Å². The highest BCUT2D eigenvalue weighted by molar-refractivity contribution is 5.91. The number of rotatable bonds is 5. The predicted molar refractivity (Wildman–Crippen MR) is 140 cm³/mol. The lowest BCUT2D eigenvalue weighted by Gasteiger charge is -2.35. The summed E-state index contributed by atoms with van der Waals surface area (Å²) in [5.74, 6) is 0.0901. The molecule has 36 heavy (non-hydrogen) atoms. The Bertz CT molecular complexity index is 1340. The van der Waals surface area contributed by atoms with Gasteiger partial charge in [-0.25, -0.2) is 14.4 Å². The van der Waals surface area contributed by atoms with Crippen molar-refractivity contribution in [1.29, 1.82) is 10.7 Å². The second-order valence-electron chi connectivity index (χ2n) is 9.24. The van der Waals surface area contributed by atoms with Crippen molar-refractivity contribution in [3.05, 3.63) is 64.6 Å². The highest BCUT2D eigenvalue weighted by Crippen LogP contribution is 2.36. The summed E-state index contributed by atoms with van der Waals surface area (Å²) in [6.07, 6.45) is 3.82. The van der Waals surface area contributed by atoms with Crippen LogP contribution in [0.2, 0.25) is 0 Å². The van der Waals surface area contributed by atoms with E-state index in [1.807, 2.05) is 31.3 Å². The van der Waals surface area contributed by atoms with Crippen LogP contribution in [0.1, 0.15) is 35.2 Å². The highest BCUT2D eigenvalue weighted by Gasteiger charge is 2.27. The molecule has 1 aromatic heterocycles. The number of aromatic nitrogens is 2. The summed E-state index contributed by atoms with van der Waals surface area (Å²) >= 11 is 0. The third kappa shape index (κ3) is 4.36. The average molecular weight is 485 g/mol. The van der Waals surface area contributed by atoms with E-state index < -0.39 is 5.82 Å². The van der Waals surface area contributed by atoms with Gasteiger partial charge in [-0.1, -0.05) is 18.2 Å². The van der Waals surface area contributed by atoms with Crippen LogP contribution in [-0.2, 0) is 13.0 Å².